The summed E-state index contributed by atoms with van der Waals surface area (Å²) in [4.78, 5) is 16.6. The molecule has 0 amide bonds. The van der Waals surface area contributed by atoms with E-state index in [9.17, 15) is 13.2 Å². The molecule has 1 saturated carbocycles. The molecule has 150 valence electrons. The fourth-order valence-electron chi connectivity index (χ4n) is 3.83. The number of fused-ring (bicyclic) bond motifs is 1. The number of imidazole rings is 1. The predicted molar refractivity (Wildman–Crippen MR) is 103 cm³/mol. The predicted octanol–water partition coefficient (Wildman–Crippen LogP) is 1.44. The Morgan fingerprint density at radius 2 is 1.96 bits per heavy atom. The Kier molecular flexibility index (Phi) is 4.62. The summed E-state index contributed by atoms with van der Waals surface area (Å²) in [5.41, 5.74) is 1.08. The first-order chi connectivity index (χ1) is 13.3. The molecule has 1 aliphatic rings. The zero-order chi connectivity index (χ0) is 20.1. The second-order valence-electron chi connectivity index (χ2n) is 7.28. The smallest absolute Gasteiger partial charge is 0.328 e. The maximum absolute atomic E-state index is 12.9. The molecule has 1 aromatic carbocycles. The van der Waals surface area contributed by atoms with E-state index in [0.717, 1.165) is 6.42 Å². The molecule has 2 heterocycles. The highest BCUT2D eigenvalue weighted by Gasteiger charge is 2.32. The average molecular weight is 405 g/mol. The molecule has 1 fully saturated rings. The van der Waals surface area contributed by atoms with Crippen LogP contribution in [0.2, 0.25) is 0 Å². The fraction of sp³-hybridized carbons (Fsp3) is 0.500. The minimum Gasteiger partial charge on any atom is -0.339 e. The van der Waals surface area contributed by atoms with Crippen LogP contribution >= 0.6 is 0 Å². The van der Waals surface area contributed by atoms with E-state index in [2.05, 4.69) is 14.9 Å². The normalized spacial score (nSPS) is 20.2. The van der Waals surface area contributed by atoms with Gasteiger partial charge in [0, 0.05) is 32.5 Å². The Labute approximate surface area is 162 Å². The van der Waals surface area contributed by atoms with Crippen molar-refractivity contribution in [2.45, 2.75) is 49.5 Å². The van der Waals surface area contributed by atoms with E-state index >= 15 is 0 Å². The highest BCUT2D eigenvalue weighted by Crippen LogP contribution is 2.34. The highest BCUT2D eigenvalue weighted by atomic mass is 32.2. The van der Waals surface area contributed by atoms with Crippen LogP contribution in [0.4, 0.5) is 0 Å². The second kappa shape index (κ2) is 6.85. The number of nitrogens with one attached hydrogen (secondary N) is 1. The Bertz CT molecular complexity index is 1190. The van der Waals surface area contributed by atoms with E-state index in [1.807, 2.05) is 6.92 Å². The zero-order valence-corrected chi connectivity index (χ0v) is 16.9. The molecule has 9 nitrogen and oxygen atoms in total. The van der Waals surface area contributed by atoms with Crippen molar-refractivity contribution in [2.75, 3.05) is 0 Å². The van der Waals surface area contributed by atoms with Gasteiger partial charge in [-0.15, -0.1) is 0 Å². The lowest BCUT2D eigenvalue weighted by Crippen LogP contribution is -2.33. The van der Waals surface area contributed by atoms with Gasteiger partial charge in [0.05, 0.1) is 15.9 Å². The van der Waals surface area contributed by atoms with Gasteiger partial charge in [-0.25, -0.2) is 17.9 Å². The lowest BCUT2D eigenvalue weighted by atomic mass is 10.1. The van der Waals surface area contributed by atoms with Crippen LogP contribution in [0.5, 0.6) is 0 Å². The zero-order valence-electron chi connectivity index (χ0n) is 16.0. The SMILES string of the molecule is CCc1noc(C2CCC(NS(=O)(=O)c3ccc4c(c3)n(C)c(=O)n4C)C2)n1. The van der Waals surface area contributed by atoms with E-state index in [4.69, 9.17) is 4.52 Å². The van der Waals surface area contributed by atoms with Gasteiger partial charge in [-0.3, -0.25) is 9.13 Å². The summed E-state index contributed by atoms with van der Waals surface area (Å²) in [5.74, 6) is 1.32. The third kappa shape index (κ3) is 3.16. The number of rotatable bonds is 5. The quantitative estimate of drug-likeness (QED) is 0.687. The van der Waals surface area contributed by atoms with E-state index in [-0.39, 0.29) is 22.5 Å². The number of aromatic nitrogens is 4. The van der Waals surface area contributed by atoms with Gasteiger partial charge in [0.25, 0.3) is 0 Å². The molecule has 0 radical (unpaired) electrons. The van der Waals surface area contributed by atoms with Gasteiger partial charge >= 0.3 is 5.69 Å². The van der Waals surface area contributed by atoms with Crippen molar-refractivity contribution in [3.05, 3.63) is 40.4 Å². The van der Waals surface area contributed by atoms with Crippen molar-refractivity contribution in [3.8, 4) is 0 Å². The number of hydrogen-bond donors (Lipinski definition) is 1. The average Bonchev–Trinajstić information content (AvgIpc) is 3.38. The molecule has 2 unspecified atom stereocenters. The monoisotopic (exact) mass is 405 g/mol. The van der Waals surface area contributed by atoms with Crippen molar-refractivity contribution in [3.63, 3.8) is 0 Å². The molecule has 0 aliphatic heterocycles. The number of sulfonamides is 1. The summed E-state index contributed by atoms with van der Waals surface area (Å²) in [6.07, 6.45) is 2.83. The first-order valence-electron chi connectivity index (χ1n) is 9.30. The lowest BCUT2D eigenvalue weighted by molar-refractivity contribution is 0.349. The van der Waals surface area contributed by atoms with Gasteiger partial charge in [-0.2, -0.15) is 4.98 Å². The van der Waals surface area contributed by atoms with Crippen molar-refractivity contribution in [1.82, 2.24) is 24.0 Å². The van der Waals surface area contributed by atoms with Crippen molar-refractivity contribution < 1.29 is 12.9 Å². The first-order valence-corrected chi connectivity index (χ1v) is 10.8. The third-order valence-corrected chi connectivity index (χ3v) is 6.98. The molecule has 2 atom stereocenters. The summed E-state index contributed by atoms with van der Waals surface area (Å²) in [5, 5.41) is 3.92. The Balaban J connectivity index is 1.54. The van der Waals surface area contributed by atoms with Crippen molar-refractivity contribution >= 4 is 21.1 Å². The van der Waals surface area contributed by atoms with Gasteiger partial charge in [0.1, 0.15) is 0 Å². The maximum Gasteiger partial charge on any atom is 0.328 e. The van der Waals surface area contributed by atoms with E-state index in [0.29, 0.717) is 42.0 Å². The van der Waals surface area contributed by atoms with Crippen LogP contribution in [0.15, 0.2) is 32.4 Å². The minimum atomic E-state index is -3.70. The molecule has 1 N–H and O–H groups in total. The van der Waals surface area contributed by atoms with Crippen LogP contribution in [-0.2, 0) is 30.5 Å². The van der Waals surface area contributed by atoms with Crippen molar-refractivity contribution in [1.29, 1.82) is 0 Å². The summed E-state index contributed by atoms with van der Waals surface area (Å²) in [6.45, 7) is 1.96. The molecule has 2 aromatic heterocycles. The van der Waals surface area contributed by atoms with E-state index in [1.165, 1.54) is 21.3 Å². The molecule has 1 aliphatic carbocycles. The number of hydrogen-bond acceptors (Lipinski definition) is 6. The van der Waals surface area contributed by atoms with Crippen LogP contribution in [-0.4, -0.2) is 33.7 Å². The van der Waals surface area contributed by atoms with Crippen LogP contribution in [0.3, 0.4) is 0 Å². The standard InChI is InChI=1S/C18H23N5O4S/c1-4-16-19-17(27-20-16)11-5-6-12(9-11)21-28(25,26)13-7-8-14-15(10-13)23(3)18(24)22(14)2/h7-8,10-12,21H,4-6,9H2,1-3H3. The van der Waals surface area contributed by atoms with Crippen LogP contribution in [0.1, 0.15) is 43.8 Å². The lowest BCUT2D eigenvalue weighted by Gasteiger charge is -2.13. The van der Waals surface area contributed by atoms with Gasteiger partial charge in [-0.05, 0) is 37.5 Å². The minimum absolute atomic E-state index is 0.0675. The van der Waals surface area contributed by atoms with Crippen molar-refractivity contribution in [2.24, 2.45) is 14.1 Å². The van der Waals surface area contributed by atoms with Crippen LogP contribution in [0.25, 0.3) is 11.0 Å². The second-order valence-corrected chi connectivity index (χ2v) is 9.00. The number of benzene rings is 1. The molecule has 0 saturated heterocycles. The molecule has 0 bridgehead atoms. The summed E-state index contributed by atoms with van der Waals surface area (Å²) < 4.78 is 36.8. The van der Waals surface area contributed by atoms with E-state index in [1.54, 1.807) is 20.2 Å². The van der Waals surface area contributed by atoms with Gasteiger partial charge in [0.15, 0.2) is 5.82 Å². The van der Waals surface area contributed by atoms with Gasteiger partial charge < -0.3 is 4.52 Å². The Morgan fingerprint density at radius 1 is 1.21 bits per heavy atom. The first kappa shape index (κ1) is 18.9. The molecular formula is C18H23N5O4S. The summed E-state index contributed by atoms with van der Waals surface area (Å²) >= 11 is 0. The number of aryl methyl sites for hydroxylation is 3. The van der Waals surface area contributed by atoms with Crippen LogP contribution in [0, 0.1) is 0 Å². The maximum atomic E-state index is 12.9. The largest absolute Gasteiger partial charge is 0.339 e. The topological polar surface area (TPSA) is 112 Å². The summed E-state index contributed by atoms with van der Waals surface area (Å²) in [7, 11) is -0.408. The van der Waals surface area contributed by atoms with Crippen LogP contribution < -0.4 is 10.4 Å². The van der Waals surface area contributed by atoms with Gasteiger partial charge in [0.2, 0.25) is 15.9 Å². The molecule has 28 heavy (non-hydrogen) atoms. The third-order valence-electron chi connectivity index (χ3n) is 5.46. The van der Waals surface area contributed by atoms with Gasteiger partial charge in [-0.1, -0.05) is 12.1 Å². The fourth-order valence-corrected chi connectivity index (χ4v) is 5.13. The molecule has 4 rings (SSSR count). The molecule has 10 heteroatoms. The Morgan fingerprint density at radius 3 is 2.68 bits per heavy atom. The molecule has 0 spiro atoms. The summed E-state index contributed by atoms with van der Waals surface area (Å²) in [6, 6.07) is 4.54. The number of nitrogens with zero attached hydrogens (tertiary/aromatic N) is 4. The molecule has 3 aromatic rings. The molecular weight excluding hydrogens is 382 g/mol. The highest BCUT2D eigenvalue weighted by molar-refractivity contribution is 7.89. The Hall–Kier alpha value is -2.46. The van der Waals surface area contributed by atoms with E-state index < -0.39 is 10.0 Å².